The lowest BCUT2D eigenvalue weighted by atomic mass is 10.0. The Balaban J connectivity index is 1.98. The van der Waals surface area contributed by atoms with Crippen LogP contribution >= 0.6 is 0 Å². The standard InChI is InChI=1S/C23H22N2O7/c1-4-15-7-5-6-8-17(15)25-21(27)16(20(26)24-23(25)30)11-14-9-10-18(19(12-14)31-3)32-13(2)22(28)29/h5-13H,4H2,1-3H3,(H,28,29)(H,24,26,30)/b16-11-. The first-order valence-corrected chi connectivity index (χ1v) is 9.83. The largest absolute Gasteiger partial charge is 0.493 e. The molecule has 0 aromatic heterocycles. The van der Waals surface area contributed by atoms with E-state index in [0.29, 0.717) is 17.7 Å². The van der Waals surface area contributed by atoms with E-state index in [1.807, 2.05) is 6.92 Å². The number of barbiturate groups is 1. The highest BCUT2D eigenvalue weighted by molar-refractivity contribution is 6.39. The molecular formula is C23H22N2O7. The molecule has 1 atom stereocenters. The molecular weight excluding hydrogens is 416 g/mol. The first kappa shape index (κ1) is 22.5. The summed E-state index contributed by atoms with van der Waals surface area (Å²) >= 11 is 0. The van der Waals surface area contributed by atoms with E-state index in [1.54, 1.807) is 30.3 Å². The second-order valence-corrected chi connectivity index (χ2v) is 6.95. The van der Waals surface area contributed by atoms with Crippen molar-refractivity contribution in [2.45, 2.75) is 26.4 Å². The predicted molar refractivity (Wildman–Crippen MR) is 116 cm³/mol. The van der Waals surface area contributed by atoms with Crippen LogP contribution in [0.15, 0.2) is 48.0 Å². The quantitative estimate of drug-likeness (QED) is 0.503. The number of nitrogens with zero attached hydrogens (tertiary/aromatic N) is 1. The highest BCUT2D eigenvalue weighted by atomic mass is 16.5. The van der Waals surface area contributed by atoms with Crippen LogP contribution in [0.5, 0.6) is 11.5 Å². The van der Waals surface area contributed by atoms with Crippen molar-refractivity contribution >= 4 is 35.6 Å². The first-order chi connectivity index (χ1) is 15.3. The summed E-state index contributed by atoms with van der Waals surface area (Å²) in [5, 5.41) is 11.2. The maximum absolute atomic E-state index is 13.1. The van der Waals surface area contributed by atoms with Crippen molar-refractivity contribution in [3.63, 3.8) is 0 Å². The van der Waals surface area contributed by atoms with Crippen LogP contribution in [0, 0.1) is 0 Å². The molecule has 1 unspecified atom stereocenters. The lowest BCUT2D eigenvalue weighted by molar-refractivity contribution is -0.144. The number of amides is 4. The second kappa shape index (κ2) is 9.34. The van der Waals surface area contributed by atoms with Crippen molar-refractivity contribution < 1.29 is 33.8 Å². The van der Waals surface area contributed by atoms with Gasteiger partial charge in [-0.1, -0.05) is 31.2 Å². The summed E-state index contributed by atoms with van der Waals surface area (Å²) in [6, 6.07) is 10.7. The molecule has 0 bridgehead atoms. The van der Waals surface area contributed by atoms with Crippen LogP contribution in [-0.2, 0) is 20.8 Å². The predicted octanol–water partition coefficient (Wildman–Crippen LogP) is 2.78. The van der Waals surface area contributed by atoms with Gasteiger partial charge in [-0.15, -0.1) is 0 Å². The number of carbonyl (C=O) groups excluding carboxylic acids is 3. The smallest absolute Gasteiger partial charge is 0.344 e. The molecule has 166 valence electrons. The molecule has 0 spiro atoms. The molecule has 0 aliphatic carbocycles. The molecule has 32 heavy (non-hydrogen) atoms. The number of carbonyl (C=O) groups is 4. The van der Waals surface area contributed by atoms with Crippen LogP contribution in [-0.4, -0.2) is 42.1 Å². The second-order valence-electron chi connectivity index (χ2n) is 6.95. The number of hydrogen-bond acceptors (Lipinski definition) is 6. The van der Waals surface area contributed by atoms with E-state index >= 15 is 0 Å². The van der Waals surface area contributed by atoms with E-state index in [-0.39, 0.29) is 17.1 Å². The third-order valence-electron chi connectivity index (χ3n) is 4.87. The normalized spacial score (nSPS) is 16.0. The zero-order valence-electron chi connectivity index (χ0n) is 17.7. The number of aliphatic carboxylic acids is 1. The Morgan fingerprint density at radius 1 is 1.16 bits per heavy atom. The molecule has 2 aromatic rings. The van der Waals surface area contributed by atoms with Crippen LogP contribution in [0.4, 0.5) is 10.5 Å². The van der Waals surface area contributed by atoms with Gasteiger partial charge in [0.05, 0.1) is 12.8 Å². The molecule has 9 heteroatoms. The summed E-state index contributed by atoms with van der Waals surface area (Å²) < 4.78 is 10.6. The van der Waals surface area contributed by atoms with Crippen LogP contribution in [0.3, 0.4) is 0 Å². The van der Waals surface area contributed by atoms with E-state index in [4.69, 9.17) is 14.6 Å². The number of methoxy groups -OCH3 is 1. The minimum Gasteiger partial charge on any atom is -0.493 e. The van der Waals surface area contributed by atoms with Gasteiger partial charge in [-0.3, -0.25) is 14.9 Å². The number of imide groups is 2. The topological polar surface area (TPSA) is 122 Å². The number of anilines is 1. The minimum atomic E-state index is -1.14. The van der Waals surface area contributed by atoms with Crippen molar-refractivity contribution in [3.05, 3.63) is 59.2 Å². The fourth-order valence-electron chi connectivity index (χ4n) is 3.18. The summed E-state index contributed by atoms with van der Waals surface area (Å²) in [6.45, 7) is 3.27. The molecule has 2 N–H and O–H groups in total. The van der Waals surface area contributed by atoms with Gasteiger partial charge in [0.2, 0.25) is 0 Å². The maximum Gasteiger partial charge on any atom is 0.344 e. The summed E-state index contributed by atoms with van der Waals surface area (Å²) in [5.41, 5.74) is 1.37. The Labute approximate surface area is 184 Å². The van der Waals surface area contributed by atoms with Gasteiger partial charge in [-0.2, -0.15) is 0 Å². The number of ether oxygens (including phenoxy) is 2. The zero-order chi connectivity index (χ0) is 23.4. The number of carboxylic acid groups (broad SMARTS) is 1. The molecule has 0 radical (unpaired) electrons. The summed E-state index contributed by atoms with van der Waals surface area (Å²) in [5.74, 6) is -2.29. The van der Waals surface area contributed by atoms with Crippen LogP contribution in [0.2, 0.25) is 0 Å². The third kappa shape index (κ3) is 4.46. The van der Waals surface area contributed by atoms with Gasteiger partial charge in [-0.25, -0.2) is 14.5 Å². The van der Waals surface area contributed by atoms with E-state index in [9.17, 15) is 19.2 Å². The van der Waals surface area contributed by atoms with Gasteiger partial charge in [-0.05, 0) is 48.7 Å². The average Bonchev–Trinajstić information content (AvgIpc) is 2.77. The lowest BCUT2D eigenvalue weighted by Gasteiger charge is -2.28. The van der Waals surface area contributed by atoms with Crippen molar-refractivity contribution in [1.29, 1.82) is 0 Å². The summed E-state index contributed by atoms with van der Waals surface area (Å²) in [6.07, 6.45) is 0.823. The minimum absolute atomic E-state index is 0.192. The molecule has 2 aromatic carbocycles. The van der Waals surface area contributed by atoms with Crippen molar-refractivity contribution in [2.24, 2.45) is 0 Å². The van der Waals surface area contributed by atoms with Crippen molar-refractivity contribution in [2.75, 3.05) is 12.0 Å². The number of aryl methyl sites for hydroxylation is 1. The lowest BCUT2D eigenvalue weighted by Crippen LogP contribution is -2.54. The SMILES string of the molecule is CCc1ccccc1N1C(=O)NC(=O)/C(=C/c2ccc(OC(C)C(=O)O)c(OC)c2)C1=O. The molecule has 1 aliphatic heterocycles. The van der Waals surface area contributed by atoms with E-state index < -0.39 is 29.9 Å². The molecule has 1 aliphatic rings. The number of para-hydroxylation sites is 1. The number of urea groups is 1. The van der Waals surface area contributed by atoms with Crippen LogP contribution in [0.1, 0.15) is 25.0 Å². The van der Waals surface area contributed by atoms with Gasteiger partial charge in [0.15, 0.2) is 17.6 Å². The molecule has 0 saturated carbocycles. The fraction of sp³-hybridized carbons (Fsp3) is 0.217. The Morgan fingerprint density at radius 2 is 1.88 bits per heavy atom. The monoisotopic (exact) mass is 438 g/mol. The Bertz CT molecular complexity index is 1120. The number of hydrogen-bond donors (Lipinski definition) is 2. The van der Waals surface area contributed by atoms with Gasteiger partial charge in [0, 0.05) is 0 Å². The Morgan fingerprint density at radius 3 is 2.53 bits per heavy atom. The van der Waals surface area contributed by atoms with Crippen molar-refractivity contribution in [1.82, 2.24) is 5.32 Å². The maximum atomic E-state index is 13.1. The molecule has 1 fully saturated rings. The number of carboxylic acids is 1. The van der Waals surface area contributed by atoms with Crippen LogP contribution in [0.25, 0.3) is 6.08 Å². The van der Waals surface area contributed by atoms with Crippen LogP contribution < -0.4 is 19.7 Å². The highest BCUT2D eigenvalue weighted by Gasteiger charge is 2.37. The molecule has 1 heterocycles. The number of benzene rings is 2. The number of nitrogens with one attached hydrogen (secondary N) is 1. The van der Waals surface area contributed by atoms with Gasteiger partial charge in [0.25, 0.3) is 11.8 Å². The van der Waals surface area contributed by atoms with E-state index in [0.717, 1.165) is 10.5 Å². The first-order valence-electron chi connectivity index (χ1n) is 9.83. The molecule has 1 saturated heterocycles. The van der Waals surface area contributed by atoms with Gasteiger partial charge >= 0.3 is 12.0 Å². The molecule has 4 amide bonds. The van der Waals surface area contributed by atoms with Crippen molar-refractivity contribution in [3.8, 4) is 11.5 Å². The Kier molecular flexibility index (Phi) is 6.58. The third-order valence-corrected chi connectivity index (χ3v) is 4.87. The average molecular weight is 438 g/mol. The molecule has 9 nitrogen and oxygen atoms in total. The molecule has 3 rings (SSSR count). The van der Waals surface area contributed by atoms with Gasteiger partial charge in [0.1, 0.15) is 5.57 Å². The van der Waals surface area contributed by atoms with E-state index in [1.165, 1.54) is 32.2 Å². The zero-order valence-corrected chi connectivity index (χ0v) is 17.7. The summed E-state index contributed by atoms with van der Waals surface area (Å²) in [7, 11) is 1.38. The van der Waals surface area contributed by atoms with Gasteiger partial charge < -0.3 is 14.6 Å². The Hall–Kier alpha value is -4.14. The fourth-order valence-corrected chi connectivity index (χ4v) is 3.18. The summed E-state index contributed by atoms with van der Waals surface area (Å²) in [4.78, 5) is 50.0. The van der Waals surface area contributed by atoms with E-state index in [2.05, 4.69) is 5.32 Å². The number of rotatable bonds is 7. The highest BCUT2D eigenvalue weighted by Crippen LogP contribution is 2.31.